The molecular formula is C27H34N8O. The van der Waals surface area contributed by atoms with Crippen molar-refractivity contribution in [2.45, 2.75) is 31.8 Å². The first-order valence-corrected chi connectivity index (χ1v) is 13.0. The molecule has 0 spiro atoms. The maximum Gasteiger partial charge on any atom is 0.233 e. The summed E-state index contributed by atoms with van der Waals surface area (Å²) in [6.07, 6.45) is 10.3. The van der Waals surface area contributed by atoms with E-state index in [9.17, 15) is 0 Å². The van der Waals surface area contributed by atoms with Crippen molar-refractivity contribution in [1.29, 1.82) is 0 Å². The number of piperidine rings is 2. The first-order chi connectivity index (χ1) is 17.6. The Balaban J connectivity index is 1.18. The van der Waals surface area contributed by atoms with Crippen LogP contribution >= 0.6 is 0 Å². The predicted octanol–water partition coefficient (Wildman–Crippen LogP) is 3.79. The standard InChI is InChI=1S/C27H34N8O/c1-34-9-5-18(6-10-34)14-30-27-31-16-22-21(15-29-26(22)33-27)19-3-4-23-24(13-19)32-25(17-28-23)36-20-7-11-35(2)12-8-20/h3-4,13,15-18,20H,5-12,14H2,1-2H3,(H2,29,30,31,33). The van der Waals surface area contributed by atoms with Gasteiger partial charge in [0, 0.05) is 43.0 Å². The number of fused-ring (bicyclic) bond motifs is 2. The van der Waals surface area contributed by atoms with E-state index in [0.717, 1.165) is 78.8 Å². The topological polar surface area (TPSA) is 95.1 Å². The number of anilines is 1. The van der Waals surface area contributed by atoms with Crippen LogP contribution in [0.5, 0.6) is 5.88 Å². The Labute approximate surface area is 211 Å². The zero-order valence-corrected chi connectivity index (χ0v) is 21.1. The van der Waals surface area contributed by atoms with Crippen molar-refractivity contribution in [2.75, 3.05) is 52.1 Å². The average Bonchev–Trinajstić information content (AvgIpc) is 3.33. The van der Waals surface area contributed by atoms with Crippen LogP contribution in [0.25, 0.3) is 33.2 Å². The molecule has 2 fully saturated rings. The van der Waals surface area contributed by atoms with E-state index < -0.39 is 0 Å². The zero-order chi connectivity index (χ0) is 24.5. The Morgan fingerprint density at radius 3 is 2.53 bits per heavy atom. The third kappa shape index (κ3) is 4.99. The molecule has 3 aromatic heterocycles. The molecule has 1 aromatic carbocycles. The third-order valence-corrected chi connectivity index (χ3v) is 7.60. The van der Waals surface area contributed by atoms with Crippen LogP contribution in [0.4, 0.5) is 5.95 Å². The Bertz CT molecular complexity index is 1340. The minimum absolute atomic E-state index is 0.198. The minimum Gasteiger partial charge on any atom is -0.473 e. The van der Waals surface area contributed by atoms with Crippen LogP contribution in [-0.2, 0) is 0 Å². The number of nitrogens with zero attached hydrogens (tertiary/aromatic N) is 6. The van der Waals surface area contributed by atoms with E-state index in [2.05, 4.69) is 56.3 Å². The summed E-state index contributed by atoms with van der Waals surface area (Å²) in [4.78, 5) is 26.7. The lowest BCUT2D eigenvalue weighted by Gasteiger charge is -2.28. The number of rotatable bonds is 6. The fraction of sp³-hybridized carbons (Fsp3) is 0.481. The van der Waals surface area contributed by atoms with Gasteiger partial charge >= 0.3 is 0 Å². The van der Waals surface area contributed by atoms with E-state index >= 15 is 0 Å². The van der Waals surface area contributed by atoms with Crippen LogP contribution in [0.3, 0.4) is 0 Å². The lowest BCUT2D eigenvalue weighted by molar-refractivity contribution is 0.110. The fourth-order valence-corrected chi connectivity index (χ4v) is 5.23. The summed E-state index contributed by atoms with van der Waals surface area (Å²) in [6.45, 7) is 5.34. The summed E-state index contributed by atoms with van der Waals surface area (Å²) >= 11 is 0. The van der Waals surface area contributed by atoms with E-state index in [4.69, 9.17) is 14.7 Å². The molecule has 36 heavy (non-hydrogen) atoms. The van der Waals surface area contributed by atoms with Crippen molar-refractivity contribution >= 4 is 28.0 Å². The zero-order valence-electron chi connectivity index (χ0n) is 21.1. The van der Waals surface area contributed by atoms with Crippen LogP contribution in [0, 0.1) is 5.92 Å². The van der Waals surface area contributed by atoms with Crippen molar-refractivity contribution in [3.05, 3.63) is 36.8 Å². The Hall–Kier alpha value is -3.30. The molecule has 9 heteroatoms. The number of hydrogen-bond acceptors (Lipinski definition) is 8. The molecule has 2 aliphatic heterocycles. The van der Waals surface area contributed by atoms with Crippen molar-refractivity contribution in [2.24, 2.45) is 5.92 Å². The highest BCUT2D eigenvalue weighted by molar-refractivity contribution is 5.95. The number of aromatic nitrogens is 5. The minimum atomic E-state index is 0.198. The lowest BCUT2D eigenvalue weighted by atomic mass is 9.97. The van der Waals surface area contributed by atoms with Crippen molar-refractivity contribution in [1.82, 2.24) is 34.7 Å². The van der Waals surface area contributed by atoms with Gasteiger partial charge in [0.25, 0.3) is 0 Å². The van der Waals surface area contributed by atoms with E-state index in [1.165, 1.54) is 12.8 Å². The molecule has 5 heterocycles. The number of nitrogens with one attached hydrogen (secondary N) is 2. The largest absolute Gasteiger partial charge is 0.473 e. The Morgan fingerprint density at radius 2 is 1.72 bits per heavy atom. The smallest absolute Gasteiger partial charge is 0.233 e. The van der Waals surface area contributed by atoms with Gasteiger partial charge in [0.2, 0.25) is 11.8 Å². The lowest BCUT2D eigenvalue weighted by Crippen LogP contribution is -2.35. The summed E-state index contributed by atoms with van der Waals surface area (Å²) in [5.41, 5.74) is 4.61. The molecule has 6 rings (SSSR count). The third-order valence-electron chi connectivity index (χ3n) is 7.60. The fourth-order valence-electron chi connectivity index (χ4n) is 5.23. The van der Waals surface area contributed by atoms with Crippen LogP contribution in [0.15, 0.2) is 36.8 Å². The van der Waals surface area contributed by atoms with E-state index in [1.807, 2.05) is 18.5 Å². The normalized spacial score (nSPS) is 18.7. The van der Waals surface area contributed by atoms with Gasteiger partial charge in [0.05, 0.1) is 17.2 Å². The van der Waals surface area contributed by atoms with Gasteiger partial charge in [0.1, 0.15) is 11.8 Å². The first kappa shape index (κ1) is 23.1. The molecule has 9 nitrogen and oxygen atoms in total. The summed E-state index contributed by atoms with van der Waals surface area (Å²) in [5.74, 6) is 1.94. The molecule has 0 radical (unpaired) electrons. The predicted molar refractivity (Wildman–Crippen MR) is 142 cm³/mol. The van der Waals surface area contributed by atoms with Crippen LogP contribution in [-0.4, -0.2) is 87.6 Å². The molecular weight excluding hydrogens is 452 g/mol. The average molecular weight is 487 g/mol. The monoisotopic (exact) mass is 486 g/mol. The quantitative estimate of drug-likeness (QED) is 0.425. The SMILES string of the molecule is CN1CCC(CNc2ncc3c(-c4ccc5ncc(OC6CCN(C)CC6)nc5c4)c[nH]c3n2)CC1. The first-order valence-electron chi connectivity index (χ1n) is 13.0. The summed E-state index contributed by atoms with van der Waals surface area (Å²) < 4.78 is 6.16. The summed E-state index contributed by atoms with van der Waals surface area (Å²) in [7, 11) is 4.34. The van der Waals surface area contributed by atoms with Gasteiger partial charge in [-0.15, -0.1) is 0 Å². The highest BCUT2D eigenvalue weighted by Crippen LogP contribution is 2.30. The van der Waals surface area contributed by atoms with Crippen LogP contribution < -0.4 is 10.1 Å². The molecule has 0 aliphatic carbocycles. The molecule has 0 unspecified atom stereocenters. The maximum absolute atomic E-state index is 6.16. The second-order valence-corrected chi connectivity index (χ2v) is 10.3. The highest BCUT2D eigenvalue weighted by Gasteiger charge is 2.19. The second kappa shape index (κ2) is 9.99. The molecule has 2 saturated heterocycles. The Morgan fingerprint density at radius 1 is 0.944 bits per heavy atom. The molecule has 0 amide bonds. The molecule has 2 N–H and O–H groups in total. The summed E-state index contributed by atoms with van der Waals surface area (Å²) in [6, 6.07) is 6.15. The second-order valence-electron chi connectivity index (χ2n) is 10.3. The van der Waals surface area contributed by atoms with Gasteiger partial charge in [-0.25, -0.2) is 15.0 Å². The molecule has 188 valence electrons. The van der Waals surface area contributed by atoms with E-state index in [0.29, 0.717) is 17.7 Å². The number of ether oxygens (including phenoxy) is 1. The van der Waals surface area contributed by atoms with E-state index in [1.54, 1.807) is 6.20 Å². The maximum atomic E-state index is 6.16. The number of likely N-dealkylation sites (tertiary alicyclic amines) is 2. The number of benzene rings is 1. The number of H-pyrrole nitrogens is 1. The van der Waals surface area contributed by atoms with Crippen LogP contribution in [0.1, 0.15) is 25.7 Å². The van der Waals surface area contributed by atoms with Gasteiger partial charge in [0.15, 0.2) is 0 Å². The van der Waals surface area contributed by atoms with Gasteiger partial charge in [-0.2, -0.15) is 4.98 Å². The number of aromatic amines is 1. The molecule has 0 saturated carbocycles. The molecule has 0 atom stereocenters. The van der Waals surface area contributed by atoms with Crippen molar-refractivity contribution in [3.8, 4) is 17.0 Å². The summed E-state index contributed by atoms with van der Waals surface area (Å²) in [5, 5.41) is 4.43. The van der Waals surface area contributed by atoms with Crippen LogP contribution in [0.2, 0.25) is 0 Å². The van der Waals surface area contributed by atoms with Gasteiger partial charge in [-0.05, 0) is 76.5 Å². The van der Waals surface area contributed by atoms with Gasteiger partial charge < -0.3 is 24.8 Å². The van der Waals surface area contributed by atoms with Crippen molar-refractivity contribution < 1.29 is 4.74 Å². The Kier molecular flexibility index (Phi) is 6.41. The van der Waals surface area contributed by atoms with Crippen molar-refractivity contribution in [3.63, 3.8) is 0 Å². The van der Waals surface area contributed by atoms with E-state index in [-0.39, 0.29) is 6.10 Å². The number of hydrogen-bond donors (Lipinski definition) is 2. The molecule has 0 bridgehead atoms. The molecule has 2 aliphatic rings. The molecule has 4 aromatic rings. The highest BCUT2D eigenvalue weighted by atomic mass is 16.5. The van der Waals surface area contributed by atoms with Gasteiger partial charge in [-0.3, -0.25) is 0 Å². The van der Waals surface area contributed by atoms with Gasteiger partial charge in [-0.1, -0.05) is 6.07 Å².